The molecule has 0 aliphatic carbocycles. The molecule has 0 aliphatic heterocycles. The van der Waals surface area contributed by atoms with Gasteiger partial charge in [-0.05, 0) is 31.0 Å². The highest BCUT2D eigenvalue weighted by Gasteiger charge is 2.19. The van der Waals surface area contributed by atoms with Crippen molar-refractivity contribution < 1.29 is 9.21 Å². The van der Waals surface area contributed by atoms with Gasteiger partial charge in [-0.3, -0.25) is 9.79 Å². The number of hydrogen-bond donors (Lipinski definition) is 3. The molecule has 0 saturated heterocycles. The lowest BCUT2D eigenvalue weighted by molar-refractivity contribution is 0.0939. The van der Waals surface area contributed by atoms with Crippen LogP contribution in [0.15, 0.2) is 39.9 Å². The van der Waals surface area contributed by atoms with Gasteiger partial charge < -0.3 is 20.4 Å². The quantitative estimate of drug-likeness (QED) is 0.288. The van der Waals surface area contributed by atoms with Crippen molar-refractivity contribution in [3.05, 3.63) is 53.2 Å². The third-order valence-electron chi connectivity index (χ3n) is 4.56. The summed E-state index contributed by atoms with van der Waals surface area (Å²) in [5, 5.41) is 9.43. The van der Waals surface area contributed by atoms with E-state index in [0.717, 1.165) is 17.7 Å². The highest BCUT2D eigenvalue weighted by atomic mass is 127. The van der Waals surface area contributed by atoms with Crippen molar-refractivity contribution in [2.75, 3.05) is 7.05 Å². The van der Waals surface area contributed by atoms with E-state index in [1.54, 1.807) is 13.2 Å². The maximum Gasteiger partial charge on any atom is 0.251 e. The van der Waals surface area contributed by atoms with E-state index in [9.17, 15) is 4.79 Å². The maximum absolute atomic E-state index is 12.3. The van der Waals surface area contributed by atoms with Crippen LogP contribution in [0.5, 0.6) is 0 Å². The van der Waals surface area contributed by atoms with E-state index >= 15 is 0 Å². The van der Waals surface area contributed by atoms with Gasteiger partial charge in [0.2, 0.25) is 5.89 Å². The number of benzene rings is 1. The minimum Gasteiger partial charge on any atom is -0.443 e. The predicted molar refractivity (Wildman–Crippen MR) is 131 cm³/mol. The number of hydrogen-bond acceptors (Lipinski definition) is 4. The molecule has 2 aromatic rings. The van der Waals surface area contributed by atoms with Gasteiger partial charge in [-0.15, -0.1) is 24.0 Å². The number of amides is 1. The van der Waals surface area contributed by atoms with E-state index in [4.69, 9.17) is 4.42 Å². The van der Waals surface area contributed by atoms with Crippen molar-refractivity contribution >= 4 is 35.8 Å². The van der Waals surface area contributed by atoms with Gasteiger partial charge in [-0.25, -0.2) is 4.98 Å². The van der Waals surface area contributed by atoms with Crippen molar-refractivity contribution in [3.63, 3.8) is 0 Å². The van der Waals surface area contributed by atoms with Crippen molar-refractivity contribution in [1.82, 2.24) is 20.9 Å². The van der Waals surface area contributed by atoms with Crippen LogP contribution >= 0.6 is 24.0 Å². The Hall–Kier alpha value is -2.10. The van der Waals surface area contributed by atoms with Crippen molar-refractivity contribution in [1.29, 1.82) is 0 Å². The van der Waals surface area contributed by atoms with Crippen molar-refractivity contribution in [2.24, 2.45) is 4.99 Å². The van der Waals surface area contributed by atoms with Gasteiger partial charge in [0.15, 0.2) is 5.96 Å². The molecule has 1 amide bonds. The molecule has 8 heteroatoms. The summed E-state index contributed by atoms with van der Waals surface area (Å²) in [6, 6.07) is 7.73. The molecule has 3 N–H and O–H groups in total. The van der Waals surface area contributed by atoms with Crippen LogP contribution in [-0.4, -0.2) is 29.9 Å². The Morgan fingerprint density at radius 1 is 1.23 bits per heavy atom. The van der Waals surface area contributed by atoms with Crippen LogP contribution in [0.2, 0.25) is 0 Å². The molecular formula is C22H34IN5O2. The molecule has 1 atom stereocenters. The number of halogens is 1. The summed E-state index contributed by atoms with van der Waals surface area (Å²) in [7, 11) is 1.71. The third-order valence-corrected chi connectivity index (χ3v) is 4.56. The Balaban J connectivity index is 0.00000450. The molecule has 1 aromatic heterocycles. The van der Waals surface area contributed by atoms with Crippen LogP contribution in [0.3, 0.4) is 0 Å². The lowest BCUT2D eigenvalue weighted by atomic mass is 9.94. The lowest BCUT2D eigenvalue weighted by Gasteiger charge is -2.14. The molecule has 0 aliphatic rings. The smallest absolute Gasteiger partial charge is 0.251 e. The SMILES string of the molecule is CCC(C)NC(=O)c1cccc(CNC(=NC)NCc2ncc(C(C)(C)C)o2)c1.I. The molecule has 0 spiro atoms. The second kappa shape index (κ2) is 11.9. The maximum atomic E-state index is 12.3. The van der Waals surface area contributed by atoms with E-state index in [1.807, 2.05) is 38.1 Å². The molecule has 1 heterocycles. The number of guanidine groups is 1. The van der Waals surface area contributed by atoms with E-state index in [2.05, 4.69) is 46.7 Å². The summed E-state index contributed by atoms with van der Waals surface area (Å²) in [4.78, 5) is 20.8. The first-order valence-electron chi connectivity index (χ1n) is 10.0. The minimum absolute atomic E-state index is 0. The Morgan fingerprint density at radius 2 is 1.93 bits per heavy atom. The monoisotopic (exact) mass is 527 g/mol. The van der Waals surface area contributed by atoms with Gasteiger partial charge in [0.25, 0.3) is 5.91 Å². The standard InChI is InChI=1S/C22H33N5O2.HI/c1-7-15(2)27-20(28)17-10-8-9-16(11-17)12-25-21(23-6)26-14-19-24-13-18(29-19)22(3,4)5;/h8-11,13,15H,7,12,14H2,1-6H3,(H,27,28)(H2,23,25,26);1H. The first-order chi connectivity index (χ1) is 13.7. The van der Waals surface area contributed by atoms with E-state index < -0.39 is 0 Å². The lowest BCUT2D eigenvalue weighted by Crippen LogP contribution is -2.36. The molecule has 0 saturated carbocycles. The third kappa shape index (κ3) is 7.97. The second-order valence-electron chi connectivity index (χ2n) is 8.13. The molecule has 166 valence electrons. The highest BCUT2D eigenvalue weighted by Crippen LogP contribution is 2.22. The van der Waals surface area contributed by atoms with Gasteiger partial charge >= 0.3 is 0 Å². The van der Waals surface area contributed by atoms with Gasteiger partial charge in [-0.1, -0.05) is 39.8 Å². The second-order valence-corrected chi connectivity index (χ2v) is 8.13. The summed E-state index contributed by atoms with van der Waals surface area (Å²) in [6.45, 7) is 11.3. The molecule has 0 fully saturated rings. The summed E-state index contributed by atoms with van der Waals surface area (Å²) in [6.07, 6.45) is 2.67. The molecule has 0 radical (unpaired) electrons. The van der Waals surface area contributed by atoms with Gasteiger partial charge in [0.05, 0.1) is 12.7 Å². The van der Waals surface area contributed by atoms with Gasteiger partial charge in [0, 0.05) is 30.6 Å². The summed E-state index contributed by atoms with van der Waals surface area (Å²) in [5.41, 5.74) is 1.58. The zero-order valence-electron chi connectivity index (χ0n) is 18.7. The van der Waals surface area contributed by atoms with Crippen LogP contribution in [0.4, 0.5) is 0 Å². The first-order valence-corrected chi connectivity index (χ1v) is 10.0. The normalized spacial score (nSPS) is 12.7. The average molecular weight is 527 g/mol. The van der Waals surface area contributed by atoms with E-state index in [1.165, 1.54) is 0 Å². The van der Waals surface area contributed by atoms with Crippen LogP contribution < -0.4 is 16.0 Å². The predicted octanol–water partition coefficient (Wildman–Crippen LogP) is 3.98. The number of carbonyl (C=O) groups is 1. The number of nitrogens with zero attached hydrogens (tertiary/aromatic N) is 2. The Morgan fingerprint density at radius 3 is 2.53 bits per heavy atom. The fraction of sp³-hybridized carbons (Fsp3) is 0.500. The molecule has 1 aromatic carbocycles. The zero-order valence-corrected chi connectivity index (χ0v) is 21.0. The number of aromatic nitrogens is 1. The average Bonchev–Trinajstić information content (AvgIpc) is 3.17. The fourth-order valence-electron chi connectivity index (χ4n) is 2.54. The van der Waals surface area contributed by atoms with E-state index in [-0.39, 0.29) is 41.3 Å². The Labute approximate surface area is 196 Å². The summed E-state index contributed by atoms with van der Waals surface area (Å²) >= 11 is 0. The van der Waals surface area contributed by atoms with Crippen LogP contribution in [-0.2, 0) is 18.5 Å². The van der Waals surface area contributed by atoms with Crippen LogP contribution in [0.1, 0.15) is 68.6 Å². The topological polar surface area (TPSA) is 91.5 Å². The van der Waals surface area contributed by atoms with E-state index in [0.29, 0.717) is 30.5 Å². The van der Waals surface area contributed by atoms with Crippen LogP contribution in [0, 0.1) is 0 Å². The molecule has 7 nitrogen and oxygen atoms in total. The highest BCUT2D eigenvalue weighted by molar-refractivity contribution is 14.0. The molecule has 0 bridgehead atoms. The fourth-order valence-corrected chi connectivity index (χ4v) is 2.54. The zero-order chi connectivity index (χ0) is 21.4. The molecule has 2 rings (SSSR count). The van der Waals surface area contributed by atoms with Crippen molar-refractivity contribution in [2.45, 2.75) is 65.6 Å². The Bertz CT molecular complexity index is 842. The Kier molecular flexibility index (Phi) is 10.3. The largest absolute Gasteiger partial charge is 0.443 e. The summed E-state index contributed by atoms with van der Waals surface area (Å²) < 4.78 is 5.79. The number of aliphatic imine (C=N–C) groups is 1. The number of rotatable bonds is 7. The molecule has 1 unspecified atom stereocenters. The minimum atomic E-state index is -0.0720. The summed E-state index contributed by atoms with van der Waals surface area (Å²) in [5.74, 6) is 2.04. The number of carbonyl (C=O) groups excluding carboxylic acids is 1. The van der Waals surface area contributed by atoms with Gasteiger partial charge in [0.1, 0.15) is 5.76 Å². The molecular weight excluding hydrogens is 493 g/mol. The van der Waals surface area contributed by atoms with Crippen molar-refractivity contribution in [3.8, 4) is 0 Å². The first kappa shape index (κ1) is 25.9. The van der Waals surface area contributed by atoms with Gasteiger partial charge in [-0.2, -0.15) is 0 Å². The number of oxazole rings is 1. The molecule has 30 heavy (non-hydrogen) atoms. The number of nitrogens with one attached hydrogen (secondary N) is 3. The van der Waals surface area contributed by atoms with Crippen LogP contribution in [0.25, 0.3) is 0 Å².